The van der Waals surface area contributed by atoms with Crippen LogP contribution in [0.1, 0.15) is 35.1 Å². The van der Waals surface area contributed by atoms with E-state index in [9.17, 15) is 0 Å². The third-order valence-corrected chi connectivity index (χ3v) is 5.62. The van der Waals surface area contributed by atoms with Crippen LogP contribution in [0.5, 0.6) is 0 Å². The standard InChI is InChI=1S/C23H30N2O2/c1-17-13-18(2)20(19(3)14-17)15-25-16-24(21-7-4-5-8-22(21)25)10-9-23-26-11-6-12-27-23/h4-5,7-8,13-14,23H,6,9-12,15-16H2,1-3H3. The van der Waals surface area contributed by atoms with Crippen LogP contribution in [0.4, 0.5) is 11.4 Å². The summed E-state index contributed by atoms with van der Waals surface area (Å²) in [6.45, 7) is 11.1. The number of hydrogen-bond acceptors (Lipinski definition) is 4. The molecule has 0 bridgehead atoms. The van der Waals surface area contributed by atoms with E-state index in [1.165, 1.54) is 33.6 Å². The van der Waals surface area contributed by atoms with Crippen LogP contribution in [0.2, 0.25) is 0 Å². The van der Waals surface area contributed by atoms with E-state index >= 15 is 0 Å². The topological polar surface area (TPSA) is 24.9 Å². The van der Waals surface area contributed by atoms with Crippen LogP contribution in [0, 0.1) is 20.8 Å². The Morgan fingerprint density at radius 2 is 1.56 bits per heavy atom. The van der Waals surface area contributed by atoms with Crippen LogP contribution in [0.15, 0.2) is 36.4 Å². The van der Waals surface area contributed by atoms with Crippen LogP contribution in [0.3, 0.4) is 0 Å². The molecule has 0 atom stereocenters. The summed E-state index contributed by atoms with van der Waals surface area (Å²) in [5.74, 6) is 0. The van der Waals surface area contributed by atoms with E-state index in [1.54, 1.807) is 0 Å². The third kappa shape index (κ3) is 3.97. The highest BCUT2D eigenvalue weighted by Gasteiger charge is 2.27. The summed E-state index contributed by atoms with van der Waals surface area (Å²) in [6, 6.07) is 13.3. The van der Waals surface area contributed by atoms with Crippen molar-refractivity contribution in [3.63, 3.8) is 0 Å². The van der Waals surface area contributed by atoms with Gasteiger partial charge in [-0.1, -0.05) is 29.8 Å². The van der Waals surface area contributed by atoms with E-state index in [2.05, 4.69) is 67.0 Å². The molecular weight excluding hydrogens is 336 g/mol. The number of para-hydroxylation sites is 2. The maximum absolute atomic E-state index is 5.73. The van der Waals surface area contributed by atoms with Gasteiger partial charge in [0.05, 0.1) is 31.3 Å². The zero-order valence-corrected chi connectivity index (χ0v) is 16.7. The second-order valence-corrected chi connectivity index (χ2v) is 7.78. The van der Waals surface area contributed by atoms with E-state index in [-0.39, 0.29) is 6.29 Å². The number of rotatable bonds is 5. The first kappa shape index (κ1) is 18.3. The molecule has 2 aromatic carbocycles. The molecular formula is C23H30N2O2. The first-order valence-corrected chi connectivity index (χ1v) is 10.0. The first-order valence-electron chi connectivity index (χ1n) is 10.0. The first-order chi connectivity index (χ1) is 13.1. The Bertz CT molecular complexity index is 776. The van der Waals surface area contributed by atoms with Crippen LogP contribution < -0.4 is 9.80 Å². The second kappa shape index (κ2) is 7.91. The summed E-state index contributed by atoms with van der Waals surface area (Å²) in [5.41, 5.74) is 8.18. The number of hydrogen-bond donors (Lipinski definition) is 0. The van der Waals surface area contributed by atoms with Gasteiger partial charge in [-0.2, -0.15) is 0 Å². The van der Waals surface area contributed by atoms with Gasteiger partial charge in [0.2, 0.25) is 0 Å². The van der Waals surface area contributed by atoms with Gasteiger partial charge < -0.3 is 19.3 Å². The average molecular weight is 367 g/mol. The van der Waals surface area contributed by atoms with Gasteiger partial charge in [-0.3, -0.25) is 0 Å². The Morgan fingerprint density at radius 1 is 0.926 bits per heavy atom. The highest BCUT2D eigenvalue weighted by molar-refractivity contribution is 5.76. The van der Waals surface area contributed by atoms with Crippen molar-refractivity contribution >= 4 is 11.4 Å². The molecule has 0 aromatic heterocycles. The van der Waals surface area contributed by atoms with Crippen molar-refractivity contribution in [1.82, 2.24) is 0 Å². The summed E-state index contributed by atoms with van der Waals surface area (Å²) in [7, 11) is 0. The lowest BCUT2D eigenvalue weighted by atomic mass is 9.99. The Morgan fingerprint density at radius 3 is 2.22 bits per heavy atom. The molecule has 0 saturated carbocycles. The summed E-state index contributed by atoms with van der Waals surface area (Å²) < 4.78 is 11.5. The Labute approximate surface area is 162 Å². The van der Waals surface area contributed by atoms with E-state index in [0.29, 0.717) is 0 Å². The van der Waals surface area contributed by atoms with Crippen LogP contribution >= 0.6 is 0 Å². The summed E-state index contributed by atoms with van der Waals surface area (Å²) in [6.07, 6.45) is 1.86. The second-order valence-electron chi connectivity index (χ2n) is 7.78. The largest absolute Gasteiger partial charge is 0.353 e. The van der Waals surface area contributed by atoms with Gasteiger partial charge in [0.1, 0.15) is 0 Å². The SMILES string of the molecule is Cc1cc(C)c(CN2CN(CCC3OCCCO3)c3ccccc32)c(C)c1. The zero-order valence-electron chi connectivity index (χ0n) is 16.7. The molecule has 1 fully saturated rings. The smallest absolute Gasteiger partial charge is 0.159 e. The number of nitrogens with zero attached hydrogens (tertiary/aromatic N) is 2. The van der Waals surface area contributed by atoms with E-state index in [4.69, 9.17) is 9.47 Å². The molecule has 0 N–H and O–H groups in total. The van der Waals surface area contributed by atoms with Gasteiger partial charge in [-0.15, -0.1) is 0 Å². The molecule has 0 amide bonds. The normalized spacial score (nSPS) is 17.4. The number of ether oxygens (including phenoxy) is 2. The third-order valence-electron chi connectivity index (χ3n) is 5.62. The lowest BCUT2D eigenvalue weighted by molar-refractivity contribution is -0.179. The summed E-state index contributed by atoms with van der Waals surface area (Å²) in [4.78, 5) is 4.94. The van der Waals surface area contributed by atoms with Gasteiger partial charge in [-0.05, 0) is 56.0 Å². The molecule has 144 valence electrons. The van der Waals surface area contributed by atoms with Crippen molar-refractivity contribution in [3.8, 4) is 0 Å². The van der Waals surface area contributed by atoms with Gasteiger partial charge in [0, 0.05) is 19.5 Å². The number of aryl methyl sites for hydroxylation is 3. The van der Waals surface area contributed by atoms with Gasteiger partial charge in [0.15, 0.2) is 6.29 Å². The molecule has 4 nitrogen and oxygen atoms in total. The van der Waals surface area contributed by atoms with E-state index < -0.39 is 0 Å². The molecule has 0 radical (unpaired) electrons. The molecule has 2 heterocycles. The van der Waals surface area contributed by atoms with E-state index in [1.807, 2.05) is 0 Å². The fourth-order valence-corrected chi connectivity index (χ4v) is 4.30. The maximum atomic E-state index is 5.73. The molecule has 1 saturated heterocycles. The fourth-order valence-electron chi connectivity index (χ4n) is 4.30. The van der Waals surface area contributed by atoms with Gasteiger partial charge in [-0.25, -0.2) is 0 Å². The molecule has 0 aliphatic carbocycles. The van der Waals surface area contributed by atoms with Crippen LogP contribution in [0.25, 0.3) is 0 Å². The Kier molecular flexibility index (Phi) is 5.37. The molecule has 4 rings (SSSR count). The van der Waals surface area contributed by atoms with Gasteiger partial charge >= 0.3 is 0 Å². The monoisotopic (exact) mass is 366 g/mol. The predicted molar refractivity (Wildman–Crippen MR) is 110 cm³/mol. The summed E-state index contributed by atoms with van der Waals surface area (Å²) in [5, 5.41) is 0. The molecule has 4 heteroatoms. The molecule has 27 heavy (non-hydrogen) atoms. The van der Waals surface area contributed by atoms with Crippen LogP contribution in [-0.2, 0) is 16.0 Å². The molecule has 2 aliphatic rings. The average Bonchev–Trinajstić information content (AvgIpc) is 3.02. The lowest BCUT2D eigenvalue weighted by Crippen LogP contribution is -2.34. The lowest BCUT2D eigenvalue weighted by Gasteiger charge is -2.27. The van der Waals surface area contributed by atoms with Crippen molar-refractivity contribution in [3.05, 3.63) is 58.7 Å². The highest BCUT2D eigenvalue weighted by Crippen LogP contribution is 2.37. The predicted octanol–water partition coefficient (Wildman–Crippen LogP) is 4.55. The highest BCUT2D eigenvalue weighted by atomic mass is 16.7. The van der Waals surface area contributed by atoms with Crippen molar-refractivity contribution in [2.75, 3.05) is 36.2 Å². The van der Waals surface area contributed by atoms with Crippen molar-refractivity contribution in [2.24, 2.45) is 0 Å². The van der Waals surface area contributed by atoms with Crippen LogP contribution in [-0.4, -0.2) is 32.7 Å². The molecule has 2 aromatic rings. The van der Waals surface area contributed by atoms with Crippen molar-refractivity contribution in [1.29, 1.82) is 0 Å². The number of fused-ring (bicyclic) bond motifs is 1. The molecule has 0 spiro atoms. The molecule has 2 aliphatic heterocycles. The zero-order chi connectivity index (χ0) is 18.8. The Hall–Kier alpha value is -2.04. The van der Waals surface area contributed by atoms with Crippen molar-refractivity contribution < 1.29 is 9.47 Å². The summed E-state index contributed by atoms with van der Waals surface area (Å²) >= 11 is 0. The Balaban J connectivity index is 1.50. The molecule has 0 unspecified atom stereocenters. The number of benzene rings is 2. The van der Waals surface area contributed by atoms with E-state index in [0.717, 1.165) is 45.8 Å². The minimum atomic E-state index is -0.0541. The van der Waals surface area contributed by atoms with Gasteiger partial charge in [0.25, 0.3) is 0 Å². The minimum Gasteiger partial charge on any atom is -0.353 e. The maximum Gasteiger partial charge on any atom is 0.159 e. The van der Waals surface area contributed by atoms with Crippen molar-refractivity contribution in [2.45, 2.75) is 46.4 Å². The minimum absolute atomic E-state index is 0.0541. The quantitative estimate of drug-likeness (QED) is 0.775. The fraction of sp³-hybridized carbons (Fsp3) is 0.478. The number of anilines is 2.